The molecule has 2 aromatic rings. The van der Waals surface area contributed by atoms with E-state index in [1.54, 1.807) is 24.1 Å². The predicted octanol–water partition coefficient (Wildman–Crippen LogP) is 2.77. The van der Waals surface area contributed by atoms with Crippen molar-refractivity contribution in [1.82, 2.24) is 0 Å². The van der Waals surface area contributed by atoms with E-state index in [9.17, 15) is 4.79 Å². The number of para-hydroxylation sites is 1. The van der Waals surface area contributed by atoms with Crippen molar-refractivity contribution in [3.63, 3.8) is 0 Å². The lowest BCUT2D eigenvalue weighted by Gasteiger charge is -2.37. The molecule has 7 nitrogen and oxygen atoms in total. The molecular weight excluding hydrogens is 350 g/mol. The molecule has 0 radical (unpaired) electrons. The molecule has 3 rings (SSSR count). The van der Waals surface area contributed by atoms with Crippen LogP contribution in [0.3, 0.4) is 0 Å². The van der Waals surface area contributed by atoms with Gasteiger partial charge in [0, 0.05) is 19.2 Å². The van der Waals surface area contributed by atoms with E-state index in [-0.39, 0.29) is 12.0 Å². The Balaban J connectivity index is 0.000000273. The van der Waals surface area contributed by atoms with Crippen molar-refractivity contribution in [2.45, 2.75) is 6.10 Å². The van der Waals surface area contributed by atoms with Crippen molar-refractivity contribution < 1.29 is 28.5 Å². The minimum atomic E-state index is -0.362. The molecular formula is C20H25NO6. The smallest absolute Gasteiger partial charge is 0.258 e. The second-order valence-electron chi connectivity index (χ2n) is 5.57. The summed E-state index contributed by atoms with van der Waals surface area (Å²) >= 11 is 0. The maximum absolute atomic E-state index is 11.8. The fourth-order valence-corrected chi connectivity index (χ4v) is 2.58. The maximum atomic E-state index is 11.8. The summed E-state index contributed by atoms with van der Waals surface area (Å²) in [6, 6.07) is 13.2. The number of ether oxygens (including phenoxy) is 5. The zero-order chi connectivity index (χ0) is 19.8. The Kier molecular flexibility index (Phi) is 7.31. The first-order valence-electron chi connectivity index (χ1n) is 8.32. The maximum Gasteiger partial charge on any atom is 0.258 e. The fraction of sp³-hybridized carbons (Fsp3) is 0.350. The van der Waals surface area contributed by atoms with Crippen molar-refractivity contribution in [3.8, 4) is 23.0 Å². The molecule has 146 valence electrons. The van der Waals surface area contributed by atoms with Crippen molar-refractivity contribution in [1.29, 1.82) is 0 Å². The fourth-order valence-electron chi connectivity index (χ4n) is 2.58. The topological polar surface area (TPSA) is 66.5 Å². The van der Waals surface area contributed by atoms with Gasteiger partial charge in [0.15, 0.2) is 17.6 Å². The largest absolute Gasteiger partial charge is 0.497 e. The molecule has 0 bridgehead atoms. The van der Waals surface area contributed by atoms with Gasteiger partial charge in [-0.1, -0.05) is 18.2 Å². The molecule has 0 N–H and O–H groups in total. The zero-order valence-corrected chi connectivity index (χ0v) is 16.2. The summed E-state index contributed by atoms with van der Waals surface area (Å²) in [6.45, 7) is 0.522. The van der Waals surface area contributed by atoms with Crippen LogP contribution in [0, 0.1) is 0 Å². The van der Waals surface area contributed by atoms with Gasteiger partial charge in [-0.15, -0.1) is 0 Å². The van der Waals surface area contributed by atoms with Crippen LogP contribution >= 0.6 is 0 Å². The number of anilines is 1. The van der Waals surface area contributed by atoms with Crippen LogP contribution < -0.4 is 23.8 Å². The number of carbonyl (C=O) groups is 1. The van der Waals surface area contributed by atoms with Gasteiger partial charge >= 0.3 is 0 Å². The van der Waals surface area contributed by atoms with Gasteiger partial charge < -0.3 is 28.6 Å². The van der Waals surface area contributed by atoms with Gasteiger partial charge in [-0.25, -0.2) is 0 Å². The van der Waals surface area contributed by atoms with Gasteiger partial charge in [-0.2, -0.15) is 0 Å². The molecule has 1 aliphatic heterocycles. The van der Waals surface area contributed by atoms with Crippen LogP contribution in [-0.2, 0) is 9.53 Å². The molecule has 0 aliphatic carbocycles. The second-order valence-corrected chi connectivity index (χ2v) is 5.57. The monoisotopic (exact) mass is 375 g/mol. The normalized spacial score (nSPS) is 15.2. The Bertz CT molecular complexity index is 724. The number of nitrogens with zero attached hydrogens (tertiary/aromatic N) is 1. The summed E-state index contributed by atoms with van der Waals surface area (Å²) in [4.78, 5) is 13.4. The highest BCUT2D eigenvalue weighted by Gasteiger charge is 2.38. The molecule has 1 saturated heterocycles. The van der Waals surface area contributed by atoms with Crippen molar-refractivity contribution in [2.75, 3.05) is 47.0 Å². The van der Waals surface area contributed by atoms with Crippen LogP contribution in [0.5, 0.6) is 23.0 Å². The number of rotatable bonds is 6. The highest BCUT2D eigenvalue weighted by molar-refractivity contribution is 6.03. The molecule has 1 aliphatic rings. The van der Waals surface area contributed by atoms with E-state index in [2.05, 4.69) is 0 Å². The van der Waals surface area contributed by atoms with E-state index < -0.39 is 0 Å². The van der Waals surface area contributed by atoms with Crippen LogP contribution in [0.4, 0.5) is 5.69 Å². The van der Waals surface area contributed by atoms with E-state index in [0.29, 0.717) is 29.5 Å². The number of β-lactam (4-membered cyclic amide) rings is 1. The average Bonchev–Trinajstić information content (AvgIpc) is 2.73. The third-order valence-corrected chi connectivity index (χ3v) is 4.11. The van der Waals surface area contributed by atoms with E-state index in [0.717, 1.165) is 5.75 Å². The Morgan fingerprint density at radius 2 is 1.44 bits per heavy atom. The summed E-state index contributed by atoms with van der Waals surface area (Å²) < 4.78 is 25.7. The predicted molar refractivity (Wildman–Crippen MR) is 102 cm³/mol. The van der Waals surface area contributed by atoms with E-state index in [1.165, 1.54) is 28.4 Å². The van der Waals surface area contributed by atoms with Gasteiger partial charge in [-0.05, 0) is 12.1 Å². The number of hydrogen-bond donors (Lipinski definition) is 0. The van der Waals surface area contributed by atoms with Gasteiger partial charge in [0.1, 0.15) is 5.75 Å². The Morgan fingerprint density at radius 1 is 0.852 bits per heavy atom. The minimum Gasteiger partial charge on any atom is -0.497 e. The highest BCUT2D eigenvalue weighted by atomic mass is 16.5. The zero-order valence-electron chi connectivity index (χ0n) is 16.2. The van der Waals surface area contributed by atoms with Crippen molar-refractivity contribution >= 4 is 11.6 Å². The quantitative estimate of drug-likeness (QED) is 0.724. The molecule has 0 spiro atoms. The van der Waals surface area contributed by atoms with Crippen LogP contribution in [-0.4, -0.2) is 54.1 Å². The van der Waals surface area contributed by atoms with Crippen LogP contribution in [0.2, 0.25) is 0 Å². The molecule has 0 saturated carbocycles. The molecule has 2 aromatic carbocycles. The second kappa shape index (κ2) is 9.68. The standard InChI is InChI=1S/C13H17NO5.C7H8O/c1-16-9-5-8(6-10(17-2)12(9)19-4)14-7-11(18-3)13(14)15;1-8-7-5-3-2-4-6-7/h5-6,11H,7H2,1-4H3;2-6H,1H3. The molecule has 1 amide bonds. The van der Waals surface area contributed by atoms with Crippen molar-refractivity contribution in [3.05, 3.63) is 42.5 Å². The van der Waals surface area contributed by atoms with Crippen LogP contribution in [0.1, 0.15) is 0 Å². The SMILES string of the molecule is COc1cc(N2CC(OC)C2=O)cc(OC)c1OC.COc1ccccc1. The van der Waals surface area contributed by atoms with Gasteiger partial charge in [0.25, 0.3) is 5.91 Å². The summed E-state index contributed by atoms with van der Waals surface area (Å²) in [5.74, 6) is 2.38. The Morgan fingerprint density at radius 3 is 1.81 bits per heavy atom. The average molecular weight is 375 g/mol. The van der Waals surface area contributed by atoms with E-state index in [1.807, 2.05) is 30.3 Å². The number of amides is 1. The lowest BCUT2D eigenvalue weighted by atomic mass is 10.1. The van der Waals surface area contributed by atoms with Crippen LogP contribution in [0.25, 0.3) is 0 Å². The third-order valence-electron chi connectivity index (χ3n) is 4.11. The lowest BCUT2D eigenvalue weighted by molar-refractivity contribution is -0.134. The van der Waals surface area contributed by atoms with Crippen molar-refractivity contribution in [2.24, 2.45) is 0 Å². The molecule has 27 heavy (non-hydrogen) atoms. The number of carbonyl (C=O) groups excluding carboxylic acids is 1. The van der Waals surface area contributed by atoms with Gasteiger partial charge in [0.05, 0.1) is 40.7 Å². The van der Waals surface area contributed by atoms with Gasteiger partial charge in [-0.3, -0.25) is 4.79 Å². The van der Waals surface area contributed by atoms with Crippen LogP contribution in [0.15, 0.2) is 42.5 Å². The lowest BCUT2D eigenvalue weighted by Crippen LogP contribution is -2.57. The Labute approximate surface area is 159 Å². The summed E-state index contributed by atoms with van der Waals surface area (Å²) in [7, 11) is 7.80. The number of hydrogen-bond acceptors (Lipinski definition) is 6. The van der Waals surface area contributed by atoms with E-state index in [4.69, 9.17) is 23.7 Å². The molecule has 0 aromatic heterocycles. The number of benzene rings is 2. The molecule has 1 fully saturated rings. The first-order valence-corrected chi connectivity index (χ1v) is 8.32. The highest BCUT2D eigenvalue weighted by Crippen LogP contribution is 2.42. The first kappa shape index (κ1) is 20.4. The first-order chi connectivity index (χ1) is 13.1. The minimum absolute atomic E-state index is 0.0724. The number of methoxy groups -OCH3 is 5. The summed E-state index contributed by atoms with van der Waals surface area (Å²) in [5.41, 5.74) is 0.702. The molecule has 1 unspecified atom stereocenters. The summed E-state index contributed by atoms with van der Waals surface area (Å²) in [6.07, 6.45) is -0.362. The van der Waals surface area contributed by atoms with Gasteiger partial charge in [0.2, 0.25) is 5.75 Å². The summed E-state index contributed by atoms with van der Waals surface area (Å²) in [5, 5.41) is 0. The molecule has 7 heteroatoms. The molecule has 1 heterocycles. The third kappa shape index (κ3) is 4.62. The van der Waals surface area contributed by atoms with E-state index >= 15 is 0 Å². The molecule has 1 atom stereocenters. The Hall–Kier alpha value is -2.93.